The number of nitrogens with one attached hydrogen (secondary N) is 1. The molecule has 0 aromatic carbocycles. The number of hydrogen-bond donors (Lipinski definition) is 2. The van der Waals surface area contributed by atoms with Gasteiger partial charge in [-0.2, -0.15) is 0 Å². The van der Waals surface area contributed by atoms with Gasteiger partial charge in [-0.05, 0) is 15.9 Å². The molecule has 1 heterocycles. The Balaban J connectivity index is 3.02. The molecule has 0 atom stereocenters. The monoisotopic (exact) mass is 264 g/mol. The summed E-state index contributed by atoms with van der Waals surface area (Å²) in [7, 11) is 1.49. The third kappa shape index (κ3) is 2.24. The van der Waals surface area contributed by atoms with Gasteiger partial charge in [0.05, 0.1) is 12.3 Å². The Hall–Kier alpha value is -1.08. The number of carboxylic acids is 1. The van der Waals surface area contributed by atoms with Crippen LogP contribution < -0.4 is 5.56 Å². The molecule has 1 aromatic heterocycles. The summed E-state index contributed by atoms with van der Waals surface area (Å²) in [5.41, 5.74) is 0.123. The summed E-state index contributed by atoms with van der Waals surface area (Å²) >= 11 is 3.05. The number of halogens is 1. The van der Waals surface area contributed by atoms with Crippen LogP contribution in [0, 0.1) is 0 Å². The van der Waals surface area contributed by atoms with Gasteiger partial charge >= 0.3 is 5.97 Å². The molecule has 7 heteroatoms. The number of aromatic amines is 1. The fourth-order valence-electron chi connectivity index (χ4n) is 0.997. The zero-order valence-corrected chi connectivity index (χ0v) is 9.00. The van der Waals surface area contributed by atoms with Crippen LogP contribution >= 0.6 is 15.9 Å². The van der Waals surface area contributed by atoms with Gasteiger partial charge in [0, 0.05) is 7.11 Å². The predicted octanol–water partition coefficient (Wildman–Crippen LogP) is 0.170. The van der Waals surface area contributed by atoms with Crippen LogP contribution in [0.1, 0.15) is 5.69 Å². The van der Waals surface area contributed by atoms with E-state index >= 15 is 0 Å². The van der Waals surface area contributed by atoms with Crippen LogP contribution in [-0.2, 0) is 22.7 Å². The summed E-state index contributed by atoms with van der Waals surface area (Å²) in [6.07, 6.45) is 0. The maximum Gasteiger partial charge on any atom is 0.325 e. The Morgan fingerprint density at radius 2 is 2.36 bits per heavy atom. The molecular formula is C7H9BrN2O4. The maximum absolute atomic E-state index is 11.4. The van der Waals surface area contributed by atoms with Gasteiger partial charge in [-0.1, -0.05) is 0 Å². The molecule has 0 saturated heterocycles. The van der Waals surface area contributed by atoms with Crippen molar-refractivity contribution in [1.29, 1.82) is 0 Å². The molecule has 0 saturated carbocycles. The first-order valence-corrected chi connectivity index (χ1v) is 4.53. The lowest BCUT2D eigenvalue weighted by Crippen LogP contribution is -2.21. The van der Waals surface area contributed by atoms with E-state index in [-0.39, 0.29) is 13.2 Å². The highest BCUT2D eigenvalue weighted by atomic mass is 79.9. The summed E-state index contributed by atoms with van der Waals surface area (Å²) in [4.78, 5) is 21.7. The largest absolute Gasteiger partial charge is 0.480 e. The molecule has 0 aliphatic rings. The molecule has 78 valence electrons. The Morgan fingerprint density at radius 3 is 2.86 bits per heavy atom. The van der Waals surface area contributed by atoms with Gasteiger partial charge in [-0.15, -0.1) is 0 Å². The number of carbonyl (C=O) groups is 1. The number of hydrogen-bond acceptors (Lipinski definition) is 3. The van der Waals surface area contributed by atoms with Gasteiger partial charge in [0.15, 0.2) is 0 Å². The molecule has 0 bridgehead atoms. The van der Waals surface area contributed by atoms with Crippen LogP contribution in [0.15, 0.2) is 9.27 Å². The number of rotatable bonds is 4. The van der Waals surface area contributed by atoms with E-state index in [2.05, 4.69) is 21.0 Å². The van der Waals surface area contributed by atoms with Crippen molar-refractivity contribution in [1.82, 2.24) is 9.78 Å². The number of nitrogens with zero attached hydrogens (tertiary/aromatic N) is 1. The van der Waals surface area contributed by atoms with Crippen molar-refractivity contribution in [3.05, 3.63) is 20.5 Å². The van der Waals surface area contributed by atoms with Crippen LogP contribution in [0.4, 0.5) is 0 Å². The zero-order chi connectivity index (χ0) is 10.7. The zero-order valence-electron chi connectivity index (χ0n) is 7.41. The normalized spacial score (nSPS) is 10.4. The van der Waals surface area contributed by atoms with Crippen molar-refractivity contribution in [2.75, 3.05) is 7.11 Å². The fourth-order valence-corrected chi connectivity index (χ4v) is 1.41. The van der Waals surface area contributed by atoms with Crippen molar-refractivity contribution in [2.45, 2.75) is 13.2 Å². The summed E-state index contributed by atoms with van der Waals surface area (Å²) in [6.45, 7) is -0.163. The molecule has 14 heavy (non-hydrogen) atoms. The number of carboxylic acid groups (broad SMARTS) is 1. The molecule has 0 unspecified atom stereocenters. The van der Waals surface area contributed by atoms with Crippen molar-refractivity contribution in [3.8, 4) is 0 Å². The second-order valence-electron chi connectivity index (χ2n) is 2.62. The molecule has 0 spiro atoms. The SMILES string of the molecule is COCc1[nH]n(CC(=O)O)c(=O)c1Br. The topological polar surface area (TPSA) is 84.3 Å². The number of aromatic nitrogens is 2. The highest BCUT2D eigenvalue weighted by molar-refractivity contribution is 9.10. The molecule has 1 aromatic rings. The van der Waals surface area contributed by atoms with Crippen LogP contribution in [0.3, 0.4) is 0 Å². The number of H-pyrrole nitrogens is 1. The lowest BCUT2D eigenvalue weighted by Gasteiger charge is -1.96. The van der Waals surface area contributed by atoms with E-state index in [4.69, 9.17) is 9.84 Å². The average molecular weight is 265 g/mol. The standard InChI is InChI=1S/C7H9BrN2O4/c1-14-3-4-6(8)7(13)10(9-4)2-5(11)12/h9H,2-3H2,1H3,(H,11,12). The average Bonchev–Trinajstić information content (AvgIpc) is 2.34. The van der Waals surface area contributed by atoms with Crippen molar-refractivity contribution >= 4 is 21.9 Å². The molecular weight excluding hydrogens is 256 g/mol. The molecule has 0 amide bonds. The summed E-state index contributed by atoms with van der Waals surface area (Å²) < 4.78 is 6.13. The fraction of sp³-hybridized carbons (Fsp3) is 0.429. The van der Waals surface area contributed by atoms with E-state index < -0.39 is 11.5 Å². The highest BCUT2D eigenvalue weighted by Crippen LogP contribution is 2.09. The smallest absolute Gasteiger partial charge is 0.325 e. The van der Waals surface area contributed by atoms with E-state index in [1.165, 1.54) is 7.11 Å². The summed E-state index contributed by atoms with van der Waals surface area (Å²) in [5, 5.41) is 11.1. The van der Waals surface area contributed by atoms with E-state index in [1.54, 1.807) is 0 Å². The molecule has 0 aliphatic heterocycles. The first-order chi connectivity index (χ1) is 6.56. The van der Waals surface area contributed by atoms with Gasteiger partial charge in [0.2, 0.25) is 0 Å². The molecule has 0 aliphatic carbocycles. The predicted molar refractivity (Wildman–Crippen MR) is 51.1 cm³/mol. The third-order valence-electron chi connectivity index (χ3n) is 1.55. The number of ether oxygens (including phenoxy) is 1. The first kappa shape index (κ1) is 11.0. The quantitative estimate of drug-likeness (QED) is 0.812. The van der Waals surface area contributed by atoms with Gasteiger partial charge in [0.1, 0.15) is 11.0 Å². The summed E-state index contributed by atoms with van der Waals surface area (Å²) in [6, 6.07) is 0. The van der Waals surface area contributed by atoms with Crippen LogP contribution in [0.2, 0.25) is 0 Å². The molecule has 0 fully saturated rings. The van der Waals surface area contributed by atoms with E-state index in [9.17, 15) is 9.59 Å². The van der Waals surface area contributed by atoms with Crippen LogP contribution in [0.25, 0.3) is 0 Å². The van der Waals surface area contributed by atoms with Crippen LogP contribution in [0.5, 0.6) is 0 Å². The van der Waals surface area contributed by atoms with Crippen molar-refractivity contribution in [3.63, 3.8) is 0 Å². The number of aliphatic carboxylic acids is 1. The highest BCUT2D eigenvalue weighted by Gasteiger charge is 2.12. The van der Waals surface area contributed by atoms with Crippen molar-refractivity contribution < 1.29 is 14.6 Å². The third-order valence-corrected chi connectivity index (χ3v) is 2.37. The second kappa shape index (κ2) is 4.43. The van der Waals surface area contributed by atoms with Crippen molar-refractivity contribution in [2.24, 2.45) is 0 Å². The minimum absolute atomic E-state index is 0.225. The minimum Gasteiger partial charge on any atom is -0.480 e. The van der Waals surface area contributed by atoms with E-state index in [0.717, 1.165) is 4.68 Å². The van der Waals surface area contributed by atoms with E-state index in [1.807, 2.05) is 0 Å². The van der Waals surface area contributed by atoms with Gasteiger partial charge in [-0.3, -0.25) is 14.7 Å². The second-order valence-corrected chi connectivity index (χ2v) is 3.42. The van der Waals surface area contributed by atoms with Gasteiger partial charge < -0.3 is 9.84 Å². The van der Waals surface area contributed by atoms with E-state index in [0.29, 0.717) is 10.2 Å². The van der Waals surface area contributed by atoms with Crippen LogP contribution in [-0.4, -0.2) is 28.0 Å². The Labute approximate surface area is 87.6 Å². The molecule has 1 rings (SSSR count). The molecule has 2 N–H and O–H groups in total. The van der Waals surface area contributed by atoms with Gasteiger partial charge in [-0.25, -0.2) is 4.68 Å². The lowest BCUT2D eigenvalue weighted by molar-refractivity contribution is -0.137. The first-order valence-electron chi connectivity index (χ1n) is 3.74. The minimum atomic E-state index is -1.08. The Bertz CT molecular complexity index is 395. The number of methoxy groups -OCH3 is 1. The lowest BCUT2D eigenvalue weighted by atomic mass is 10.5. The maximum atomic E-state index is 11.4. The molecule has 0 radical (unpaired) electrons. The summed E-state index contributed by atoms with van der Waals surface area (Å²) in [5.74, 6) is -1.08. The van der Waals surface area contributed by atoms with Gasteiger partial charge in [0.25, 0.3) is 5.56 Å². The Morgan fingerprint density at radius 1 is 1.71 bits per heavy atom. The molecule has 6 nitrogen and oxygen atoms in total. The Kier molecular flexibility index (Phi) is 3.48.